The standard InChI is InChI=1S/C23H31NO10/c1-2-14-15(6-5-13-4-3-7-24(10-13)8-9-25)16(21(30)31)12-32-22(14)34-23-20(29)19(28)18(27)17(11-26)33-23/h2-6,10,12,14-15,17-20,22-23,25-29H,1,7-9,11H2,(H,30,31)/b6-5+/t14-,15+,17-,18-,19+,20-,22+,23+/m1/s1. The number of aliphatic hydroxyl groups is 5. The average molecular weight is 481 g/mol. The van der Waals surface area contributed by atoms with E-state index < -0.39 is 61.4 Å². The topological polar surface area (TPSA) is 173 Å². The average Bonchev–Trinajstić information content (AvgIpc) is 2.83. The van der Waals surface area contributed by atoms with Gasteiger partial charge in [-0.15, -0.1) is 6.58 Å². The van der Waals surface area contributed by atoms with Gasteiger partial charge in [0.2, 0.25) is 6.29 Å². The van der Waals surface area contributed by atoms with E-state index in [4.69, 9.17) is 19.3 Å². The molecule has 3 heterocycles. The van der Waals surface area contributed by atoms with Crippen LogP contribution < -0.4 is 10.0 Å². The molecule has 0 radical (unpaired) electrons. The van der Waals surface area contributed by atoms with Gasteiger partial charge in [-0.1, -0.05) is 18.2 Å². The van der Waals surface area contributed by atoms with Crippen LogP contribution in [0.25, 0.3) is 0 Å². The maximum Gasteiger partial charge on any atom is 0.208 e. The molecule has 0 aromatic heterocycles. The fourth-order valence-corrected chi connectivity index (χ4v) is 4.12. The highest BCUT2D eigenvalue weighted by atomic mass is 16.8. The molecule has 0 aromatic rings. The van der Waals surface area contributed by atoms with Crippen LogP contribution in [0.3, 0.4) is 0 Å². The van der Waals surface area contributed by atoms with E-state index in [9.17, 15) is 30.3 Å². The van der Waals surface area contributed by atoms with Crippen LogP contribution in [0.2, 0.25) is 0 Å². The van der Waals surface area contributed by atoms with Gasteiger partial charge in [0.25, 0.3) is 0 Å². The van der Waals surface area contributed by atoms with E-state index in [1.54, 1.807) is 12.2 Å². The number of allylic oxidation sites excluding steroid dienone is 4. The van der Waals surface area contributed by atoms with Gasteiger partial charge < -0.3 is 54.5 Å². The van der Waals surface area contributed by atoms with Gasteiger partial charge in [0, 0.05) is 23.0 Å². The molecule has 0 amide bonds. The van der Waals surface area contributed by atoms with Gasteiger partial charge in [-0.2, -0.15) is 0 Å². The Bertz CT molecular complexity index is 851. The lowest BCUT2D eigenvalue weighted by molar-refractivity contribution is -0.841. The number of aliphatic carboxylic acids is 1. The number of carbonyl (C=O) groups is 1. The first-order valence-corrected chi connectivity index (χ1v) is 11.0. The van der Waals surface area contributed by atoms with Crippen molar-refractivity contribution in [2.45, 2.75) is 37.0 Å². The van der Waals surface area contributed by atoms with Crippen LogP contribution in [0.4, 0.5) is 0 Å². The summed E-state index contributed by atoms with van der Waals surface area (Å²) in [6.07, 6.45) is 2.92. The zero-order valence-electron chi connectivity index (χ0n) is 18.5. The maximum atomic E-state index is 11.7. The summed E-state index contributed by atoms with van der Waals surface area (Å²) in [6.45, 7) is 4.42. The van der Waals surface area contributed by atoms with Crippen molar-refractivity contribution in [3.63, 3.8) is 0 Å². The Hall–Kier alpha value is -2.35. The Balaban J connectivity index is 1.81. The lowest BCUT2D eigenvalue weighted by atomic mass is 9.83. The monoisotopic (exact) mass is 481 g/mol. The van der Waals surface area contributed by atoms with Gasteiger partial charge >= 0.3 is 0 Å². The molecule has 9 atom stereocenters. The Morgan fingerprint density at radius 2 is 2.00 bits per heavy atom. The third kappa shape index (κ3) is 5.82. The number of hydrogen-bond donors (Lipinski definition) is 6. The number of hydrogen-bond acceptors (Lipinski definition) is 10. The normalized spacial score (nSPS) is 38.2. The van der Waals surface area contributed by atoms with Gasteiger partial charge in [-0.25, -0.2) is 0 Å². The van der Waals surface area contributed by atoms with Gasteiger partial charge in [-0.3, -0.25) is 0 Å². The smallest absolute Gasteiger partial charge is 0.208 e. The van der Waals surface area contributed by atoms with E-state index in [0.717, 1.165) is 23.3 Å². The molecule has 1 saturated heterocycles. The number of quaternary nitrogens is 1. The van der Waals surface area contributed by atoms with E-state index in [0.29, 0.717) is 6.54 Å². The lowest BCUT2D eigenvalue weighted by Gasteiger charge is -2.43. The molecule has 0 bridgehead atoms. The van der Waals surface area contributed by atoms with Crippen LogP contribution in [0, 0.1) is 11.8 Å². The number of aliphatic hydroxyl groups excluding tert-OH is 5. The summed E-state index contributed by atoms with van der Waals surface area (Å²) in [5, 5.41) is 60.5. The van der Waals surface area contributed by atoms with Crippen molar-refractivity contribution in [3.8, 4) is 0 Å². The lowest BCUT2D eigenvalue weighted by Crippen LogP contribution is -3.08. The summed E-state index contributed by atoms with van der Waals surface area (Å²) >= 11 is 0. The largest absolute Gasteiger partial charge is 0.545 e. The van der Waals surface area contributed by atoms with Gasteiger partial charge in [0.05, 0.1) is 25.4 Å². The molecule has 1 unspecified atom stereocenters. The van der Waals surface area contributed by atoms with Gasteiger partial charge in [0.1, 0.15) is 43.7 Å². The summed E-state index contributed by atoms with van der Waals surface area (Å²) in [5.41, 5.74) is 0.669. The van der Waals surface area contributed by atoms with Gasteiger partial charge in [-0.05, 0) is 12.2 Å². The number of carbonyl (C=O) groups excluding carboxylic acids is 1. The predicted molar refractivity (Wildman–Crippen MR) is 114 cm³/mol. The minimum Gasteiger partial charge on any atom is -0.545 e. The Kier molecular flexibility index (Phi) is 9.17. The van der Waals surface area contributed by atoms with Crippen LogP contribution in [-0.2, 0) is 19.0 Å². The van der Waals surface area contributed by atoms with Crippen LogP contribution in [0.1, 0.15) is 0 Å². The molecule has 11 heteroatoms. The molecule has 3 rings (SSSR count). The second-order valence-corrected chi connectivity index (χ2v) is 8.28. The molecule has 0 aliphatic carbocycles. The van der Waals surface area contributed by atoms with Crippen LogP contribution in [0.15, 0.2) is 60.6 Å². The zero-order chi connectivity index (χ0) is 24.8. The van der Waals surface area contributed by atoms with E-state index in [2.05, 4.69) is 6.58 Å². The fourth-order valence-electron chi connectivity index (χ4n) is 4.12. The second kappa shape index (κ2) is 11.9. The van der Waals surface area contributed by atoms with Gasteiger partial charge in [0.15, 0.2) is 6.29 Å². The maximum absolute atomic E-state index is 11.7. The van der Waals surface area contributed by atoms with Crippen molar-refractivity contribution >= 4 is 5.97 Å². The van der Waals surface area contributed by atoms with Crippen LogP contribution in [-0.4, -0.2) is 94.8 Å². The van der Waals surface area contributed by atoms with E-state index in [-0.39, 0.29) is 12.2 Å². The molecular weight excluding hydrogens is 450 g/mol. The first kappa shape index (κ1) is 26.3. The van der Waals surface area contributed by atoms with Crippen molar-refractivity contribution in [1.29, 1.82) is 0 Å². The molecule has 1 fully saturated rings. The molecule has 3 aliphatic heterocycles. The first-order chi connectivity index (χ1) is 16.3. The number of carboxylic acid groups (broad SMARTS) is 1. The van der Waals surface area contributed by atoms with Crippen molar-refractivity contribution < 1.29 is 54.5 Å². The van der Waals surface area contributed by atoms with E-state index >= 15 is 0 Å². The minimum absolute atomic E-state index is 0.0315. The summed E-state index contributed by atoms with van der Waals surface area (Å²) < 4.78 is 16.5. The third-order valence-corrected chi connectivity index (χ3v) is 6.03. The predicted octanol–water partition coefficient (Wildman–Crippen LogP) is -3.90. The molecule has 0 aromatic carbocycles. The Labute approximate surface area is 196 Å². The third-order valence-electron chi connectivity index (χ3n) is 6.03. The number of ether oxygens (including phenoxy) is 3. The number of nitrogens with one attached hydrogen (secondary N) is 1. The molecule has 34 heavy (non-hydrogen) atoms. The van der Waals surface area contributed by atoms with Crippen molar-refractivity contribution in [2.24, 2.45) is 11.8 Å². The summed E-state index contributed by atoms with van der Waals surface area (Å²) in [4.78, 5) is 12.8. The van der Waals surface area contributed by atoms with Crippen molar-refractivity contribution in [1.82, 2.24) is 0 Å². The highest BCUT2D eigenvalue weighted by Crippen LogP contribution is 2.35. The van der Waals surface area contributed by atoms with Crippen LogP contribution in [0.5, 0.6) is 0 Å². The molecule has 188 valence electrons. The molecule has 0 spiro atoms. The molecular formula is C23H31NO10. The zero-order valence-corrected chi connectivity index (χ0v) is 18.5. The summed E-state index contributed by atoms with van der Waals surface area (Å²) in [6, 6.07) is 0. The Morgan fingerprint density at radius 1 is 1.24 bits per heavy atom. The fraction of sp³-hybridized carbons (Fsp3) is 0.522. The number of rotatable bonds is 9. The quantitative estimate of drug-likeness (QED) is 0.179. The van der Waals surface area contributed by atoms with Crippen LogP contribution >= 0.6 is 0 Å². The minimum atomic E-state index is -1.65. The second-order valence-electron chi connectivity index (χ2n) is 8.28. The summed E-state index contributed by atoms with van der Waals surface area (Å²) in [7, 11) is 0. The molecule has 3 aliphatic rings. The SMILES string of the molecule is C=C[C@H]1[C@H](O[C@@H]2O[C@H](CO)[C@@H](O)[C@H](O)[C@H]2O)OC=C(C(=O)[O-])[C@H]1/C=C/C1=C[NH+](CCO)CC=C1. The molecule has 11 nitrogen and oxygen atoms in total. The highest BCUT2D eigenvalue weighted by Gasteiger charge is 2.46. The Morgan fingerprint density at radius 3 is 2.65 bits per heavy atom. The molecule has 0 saturated carbocycles. The molecule has 6 N–H and O–H groups in total. The first-order valence-electron chi connectivity index (χ1n) is 11.0. The van der Waals surface area contributed by atoms with Crippen molar-refractivity contribution in [2.75, 3.05) is 26.3 Å². The van der Waals surface area contributed by atoms with Crippen molar-refractivity contribution in [3.05, 3.63) is 60.6 Å². The van der Waals surface area contributed by atoms with E-state index in [1.807, 2.05) is 18.4 Å². The highest BCUT2D eigenvalue weighted by molar-refractivity contribution is 5.85. The number of carboxylic acids is 1. The van der Waals surface area contributed by atoms with E-state index in [1.165, 1.54) is 6.08 Å². The summed E-state index contributed by atoms with van der Waals surface area (Å²) in [5.74, 6) is -2.97.